The third-order valence-electron chi connectivity index (χ3n) is 2.78. The van der Waals surface area contributed by atoms with Crippen molar-refractivity contribution < 1.29 is 4.79 Å². The predicted octanol–water partition coefficient (Wildman–Crippen LogP) is 2.03. The minimum atomic E-state index is -0.175. The first-order chi connectivity index (χ1) is 7.74. The summed E-state index contributed by atoms with van der Waals surface area (Å²) in [6.07, 6.45) is 3.48. The minimum absolute atomic E-state index is 0.0982. The van der Waals surface area contributed by atoms with Gasteiger partial charge in [-0.3, -0.25) is 9.78 Å². The Morgan fingerprint density at radius 2 is 2.19 bits per heavy atom. The van der Waals surface area contributed by atoms with Crippen molar-refractivity contribution in [2.45, 2.75) is 13.0 Å². The van der Waals surface area contributed by atoms with Gasteiger partial charge in [0.1, 0.15) is 0 Å². The van der Waals surface area contributed by atoms with E-state index in [4.69, 9.17) is 0 Å². The molecule has 0 saturated carbocycles. The summed E-state index contributed by atoms with van der Waals surface area (Å²) in [6, 6.07) is 7.47. The highest BCUT2D eigenvalue weighted by Gasteiger charge is 2.15. The molecular weight excluding hydrogens is 200 g/mol. The fraction of sp³-hybridized carbons (Fsp3) is 0.231. The number of nitrogens with one attached hydrogen (secondary N) is 1. The van der Waals surface area contributed by atoms with Gasteiger partial charge in [-0.2, -0.15) is 0 Å². The number of fused-ring (bicyclic) bond motifs is 1. The number of ketones is 1. The van der Waals surface area contributed by atoms with Gasteiger partial charge in [0, 0.05) is 23.3 Å². The van der Waals surface area contributed by atoms with Crippen LogP contribution in [-0.2, 0) is 0 Å². The molecule has 0 bridgehead atoms. The van der Waals surface area contributed by atoms with Gasteiger partial charge in [0.25, 0.3) is 0 Å². The zero-order valence-electron chi connectivity index (χ0n) is 9.40. The summed E-state index contributed by atoms with van der Waals surface area (Å²) in [4.78, 5) is 16.2. The van der Waals surface area contributed by atoms with Gasteiger partial charge in [0.05, 0.1) is 6.04 Å². The minimum Gasteiger partial charge on any atom is -0.310 e. The van der Waals surface area contributed by atoms with E-state index < -0.39 is 0 Å². The van der Waals surface area contributed by atoms with Crippen molar-refractivity contribution in [1.82, 2.24) is 10.3 Å². The molecule has 2 aromatic rings. The predicted molar refractivity (Wildman–Crippen MR) is 64.6 cm³/mol. The van der Waals surface area contributed by atoms with Crippen molar-refractivity contribution >= 4 is 16.6 Å². The maximum Gasteiger partial charge on any atom is 0.180 e. The van der Waals surface area contributed by atoms with Gasteiger partial charge in [-0.05, 0) is 25.4 Å². The normalized spacial score (nSPS) is 12.6. The monoisotopic (exact) mass is 214 g/mol. The first-order valence-electron chi connectivity index (χ1n) is 5.28. The largest absolute Gasteiger partial charge is 0.310 e. The van der Waals surface area contributed by atoms with Gasteiger partial charge < -0.3 is 5.32 Å². The molecule has 82 valence electrons. The van der Waals surface area contributed by atoms with Crippen LogP contribution in [-0.4, -0.2) is 23.9 Å². The summed E-state index contributed by atoms with van der Waals surface area (Å²) in [7, 11) is 1.78. The van der Waals surface area contributed by atoms with Crippen molar-refractivity contribution in [2.24, 2.45) is 0 Å². The molecule has 2 rings (SSSR count). The van der Waals surface area contributed by atoms with Crippen LogP contribution in [0, 0.1) is 0 Å². The molecule has 1 N–H and O–H groups in total. The average Bonchev–Trinajstić information content (AvgIpc) is 2.36. The molecule has 1 aromatic heterocycles. The second-order valence-corrected chi connectivity index (χ2v) is 3.78. The lowest BCUT2D eigenvalue weighted by atomic mass is 10.00. The summed E-state index contributed by atoms with van der Waals surface area (Å²) in [5.41, 5.74) is 0.729. The highest BCUT2D eigenvalue weighted by atomic mass is 16.1. The Morgan fingerprint density at radius 3 is 2.94 bits per heavy atom. The second kappa shape index (κ2) is 4.41. The van der Waals surface area contributed by atoms with E-state index in [2.05, 4.69) is 10.3 Å². The topological polar surface area (TPSA) is 42.0 Å². The number of pyridine rings is 1. The lowest BCUT2D eigenvalue weighted by molar-refractivity contribution is 0.0956. The van der Waals surface area contributed by atoms with E-state index in [1.165, 1.54) is 0 Å². The molecule has 0 spiro atoms. The van der Waals surface area contributed by atoms with Crippen LogP contribution < -0.4 is 5.32 Å². The number of carbonyl (C=O) groups excluding carboxylic acids is 1. The van der Waals surface area contributed by atoms with Crippen LogP contribution in [0.4, 0.5) is 0 Å². The third-order valence-corrected chi connectivity index (χ3v) is 2.78. The molecule has 1 aromatic carbocycles. The lowest BCUT2D eigenvalue weighted by Gasteiger charge is -2.10. The van der Waals surface area contributed by atoms with Crippen molar-refractivity contribution in [3.05, 3.63) is 42.2 Å². The molecule has 3 heteroatoms. The van der Waals surface area contributed by atoms with Crippen LogP contribution in [0.2, 0.25) is 0 Å². The van der Waals surface area contributed by atoms with Crippen LogP contribution >= 0.6 is 0 Å². The number of Topliss-reactive ketones (excluding diaryl/α,β-unsaturated/α-hetero) is 1. The summed E-state index contributed by atoms with van der Waals surface area (Å²) >= 11 is 0. The number of carbonyl (C=O) groups is 1. The molecule has 0 aliphatic rings. The van der Waals surface area contributed by atoms with E-state index in [1.807, 2.05) is 31.2 Å². The molecular formula is C13H14N2O. The maximum absolute atomic E-state index is 12.1. The standard InChI is InChI=1S/C13H14N2O/c1-9(14-2)13(16)11-5-3-4-10-6-7-15-8-12(10)11/h3-9,14H,1-2H3. The first-order valence-corrected chi connectivity index (χ1v) is 5.28. The van der Waals surface area contributed by atoms with Crippen LogP contribution in [0.1, 0.15) is 17.3 Å². The Hall–Kier alpha value is -1.74. The average molecular weight is 214 g/mol. The van der Waals surface area contributed by atoms with E-state index in [1.54, 1.807) is 19.4 Å². The fourth-order valence-corrected chi connectivity index (χ4v) is 1.69. The Bertz CT molecular complexity index is 517. The molecule has 0 saturated heterocycles. The number of hydrogen-bond acceptors (Lipinski definition) is 3. The van der Waals surface area contributed by atoms with Crippen molar-refractivity contribution in [3.8, 4) is 0 Å². The molecule has 0 amide bonds. The van der Waals surface area contributed by atoms with Gasteiger partial charge >= 0.3 is 0 Å². The van der Waals surface area contributed by atoms with Crippen LogP contribution in [0.3, 0.4) is 0 Å². The van der Waals surface area contributed by atoms with Gasteiger partial charge in [0.2, 0.25) is 0 Å². The van der Waals surface area contributed by atoms with E-state index in [-0.39, 0.29) is 11.8 Å². The van der Waals surface area contributed by atoms with Crippen molar-refractivity contribution in [3.63, 3.8) is 0 Å². The van der Waals surface area contributed by atoms with Gasteiger partial charge in [0.15, 0.2) is 5.78 Å². The highest BCUT2D eigenvalue weighted by Crippen LogP contribution is 2.18. The Labute approximate surface area is 94.5 Å². The Balaban J connectivity index is 2.56. The van der Waals surface area contributed by atoms with Crippen LogP contribution in [0.15, 0.2) is 36.7 Å². The number of hydrogen-bond donors (Lipinski definition) is 1. The lowest BCUT2D eigenvalue weighted by Crippen LogP contribution is -2.30. The Morgan fingerprint density at radius 1 is 1.38 bits per heavy atom. The molecule has 0 aliphatic heterocycles. The van der Waals surface area contributed by atoms with E-state index in [0.29, 0.717) is 0 Å². The van der Waals surface area contributed by atoms with Crippen molar-refractivity contribution in [2.75, 3.05) is 7.05 Å². The first kappa shape index (κ1) is 10.8. The second-order valence-electron chi connectivity index (χ2n) is 3.78. The molecule has 3 nitrogen and oxygen atoms in total. The summed E-state index contributed by atoms with van der Waals surface area (Å²) in [5, 5.41) is 4.92. The Kier molecular flexibility index (Phi) is 2.97. The highest BCUT2D eigenvalue weighted by molar-refractivity contribution is 6.10. The van der Waals surface area contributed by atoms with Crippen LogP contribution in [0.5, 0.6) is 0 Å². The van der Waals surface area contributed by atoms with E-state index >= 15 is 0 Å². The molecule has 0 aliphatic carbocycles. The number of benzene rings is 1. The summed E-state index contributed by atoms with van der Waals surface area (Å²) in [6.45, 7) is 1.86. The maximum atomic E-state index is 12.1. The molecule has 1 atom stereocenters. The zero-order valence-corrected chi connectivity index (χ0v) is 9.40. The van der Waals surface area contributed by atoms with Crippen molar-refractivity contribution in [1.29, 1.82) is 0 Å². The third kappa shape index (κ3) is 1.82. The van der Waals surface area contributed by atoms with E-state index in [9.17, 15) is 4.79 Å². The quantitative estimate of drug-likeness (QED) is 0.795. The smallest absolute Gasteiger partial charge is 0.180 e. The number of likely N-dealkylation sites (N-methyl/N-ethyl adjacent to an activating group) is 1. The zero-order chi connectivity index (χ0) is 11.5. The van der Waals surface area contributed by atoms with Gasteiger partial charge in [-0.15, -0.1) is 0 Å². The SMILES string of the molecule is CNC(C)C(=O)c1cccc2ccncc12. The molecule has 0 radical (unpaired) electrons. The summed E-state index contributed by atoms with van der Waals surface area (Å²) in [5.74, 6) is 0.0982. The van der Waals surface area contributed by atoms with E-state index in [0.717, 1.165) is 16.3 Å². The molecule has 0 fully saturated rings. The number of aromatic nitrogens is 1. The fourth-order valence-electron chi connectivity index (χ4n) is 1.69. The molecule has 1 heterocycles. The number of nitrogens with zero attached hydrogens (tertiary/aromatic N) is 1. The van der Waals surface area contributed by atoms with Gasteiger partial charge in [-0.25, -0.2) is 0 Å². The summed E-state index contributed by atoms with van der Waals surface area (Å²) < 4.78 is 0. The van der Waals surface area contributed by atoms with Gasteiger partial charge in [-0.1, -0.05) is 18.2 Å². The number of rotatable bonds is 3. The van der Waals surface area contributed by atoms with Crippen LogP contribution in [0.25, 0.3) is 10.8 Å². The molecule has 1 unspecified atom stereocenters. The molecule has 16 heavy (non-hydrogen) atoms.